The number of carbonyl (C=O) groups excluding carboxylic acids is 1. The number of nitrogens with one attached hydrogen (secondary N) is 1. The average Bonchev–Trinajstić information content (AvgIpc) is 2.64. The van der Waals surface area contributed by atoms with E-state index in [1.807, 2.05) is 42.5 Å². The zero-order valence-electron chi connectivity index (χ0n) is 12.8. The van der Waals surface area contributed by atoms with Crippen molar-refractivity contribution >= 4 is 11.6 Å². The maximum atomic E-state index is 12.2. The smallest absolute Gasteiger partial charge is 0.275 e. The molecule has 0 aliphatic rings. The first-order valence-corrected chi connectivity index (χ1v) is 7.37. The number of aromatic nitrogens is 1. The second kappa shape index (κ2) is 7.19. The van der Waals surface area contributed by atoms with Gasteiger partial charge in [0, 0.05) is 23.5 Å². The molecule has 5 heteroatoms. The van der Waals surface area contributed by atoms with Gasteiger partial charge in [0.1, 0.15) is 5.75 Å². The van der Waals surface area contributed by atoms with E-state index in [-0.39, 0.29) is 11.3 Å². The van der Waals surface area contributed by atoms with Gasteiger partial charge in [0.2, 0.25) is 0 Å². The van der Waals surface area contributed by atoms with Crippen LogP contribution >= 0.6 is 0 Å². The zero-order chi connectivity index (χ0) is 16.8. The summed E-state index contributed by atoms with van der Waals surface area (Å²) in [5.41, 5.74) is 4.98. The van der Waals surface area contributed by atoms with Gasteiger partial charge in [0.15, 0.2) is 0 Å². The van der Waals surface area contributed by atoms with Crippen LogP contribution in [0.2, 0.25) is 0 Å². The van der Waals surface area contributed by atoms with Crippen LogP contribution in [0.4, 0.5) is 0 Å². The maximum absolute atomic E-state index is 12.2. The van der Waals surface area contributed by atoms with Crippen LogP contribution in [0.25, 0.3) is 0 Å². The number of pyridine rings is 1. The van der Waals surface area contributed by atoms with E-state index >= 15 is 0 Å². The number of aromatic hydroxyl groups is 1. The number of carbonyl (C=O) groups is 1. The molecular formula is C19H15N3O2. The van der Waals surface area contributed by atoms with Crippen molar-refractivity contribution in [2.24, 2.45) is 5.10 Å². The topological polar surface area (TPSA) is 74.6 Å². The molecule has 0 unspecified atom stereocenters. The Hall–Kier alpha value is -3.47. The van der Waals surface area contributed by atoms with Crippen molar-refractivity contribution in [3.8, 4) is 5.75 Å². The molecule has 0 fully saturated rings. The number of hydrogen-bond acceptors (Lipinski definition) is 4. The van der Waals surface area contributed by atoms with E-state index in [2.05, 4.69) is 15.5 Å². The number of phenols is 1. The number of benzene rings is 2. The lowest BCUT2D eigenvalue weighted by atomic mass is 10.0. The SMILES string of the molecule is O=C(NN=C(c1ccccc1)c1ccncc1)c1ccccc1O. The molecule has 0 atom stereocenters. The zero-order valence-corrected chi connectivity index (χ0v) is 12.8. The minimum Gasteiger partial charge on any atom is -0.507 e. The first-order chi connectivity index (χ1) is 11.8. The fourth-order valence-electron chi connectivity index (χ4n) is 2.23. The number of hydrogen-bond donors (Lipinski definition) is 2. The van der Waals surface area contributed by atoms with Gasteiger partial charge in [-0.25, -0.2) is 5.43 Å². The van der Waals surface area contributed by atoms with Crippen molar-refractivity contribution in [1.82, 2.24) is 10.4 Å². The maximum Gasteiger partial charge on any atom is 0.275 e. The Morgan fingerprint density at radius 2 is 1.50 bits per heavy atom. The van der Waals surface area contributed by atoms with Crippen LogP contribution in [0.15, 0.2) is 84.2 Å². The highest BCUT2D eigenvalue weighted by Gasteiger charge is 2.11. The highest BCUT2D eigenvalue weighted by molar-refractivity contribution is 6.13. The molecule has 24 heavy (non-hydrogen) atoms. The summed E-state index contributed by atoms with van der Waals surface area (Å²) in [7, 11) is 0. The van der Waals surface area contributed by atoms with Crippen molar-refractivity contribution in [3.63, 3.8) is 0 Å². The van der Waals surface area contributed by atoms with Gasteiger partial charge in [-0.2, -0.15) is 5.10 Å². The molecule has 0 radical (unpaired) electrons. The number of amides is 1. The summed E-state index contributed by atoms with van der Waals surface area (Å²) in [6, 6.07) is 19.5. The van der Waals surface area contributed by atoms with E-state index in [4.69, 9.17) is 0 Å². The van der Waals surface area contributed by atoms with Crippen molar-refractivity contribution < 1.29 is 9.90 Å². The largest absolute Gasteiger partial charge is 0.507 e. The number of rotatable bonds is 4. The molecule has 0 bridgehead atoms. The molecule has 2 N–H and O–H groups in total. The van der Waals surface area contributed by atoms with Crippen molar-refractivity contribution in [2.75, 3.05) is 0 Å². The first-order valence-electron chi connectivity index (χ1n) is 7.37. The highest BCUT2D eigenvalue weighted by atomic mass is 16.3. The molecule has 0 spiro atoms. The fourth-order valence-corrected chi connectivity index (χ4v) is 2.23. The van der Waals surface area contributed by atoms with Gasteiger partial charge >= 0.3 is 0 Å². The molecule has 2 aromatic carbocycles. The van der Waals surface area contributed by atoms with Crippen LogP contribution in [0.5, 0.6) is 5.75 Å². The Balaban J connectivity index is 1.93. The minimum absolute atomic E-state index is 0.0876. The Morgan fingerprint density at radius 3 is 2.21 bits per heavy atom. The Kier molecular flexibility index (Phi) is 4.62. The normalized spacial score (nSPS) is 11.1. The molecule has 3 aromatic rings. The second-order valence-corrected chi connectivity index (χ2v) is 5.02. The Labute approximate surface area is 139 Å². The Bertz CT molecular complexity index is 821. The van der Waals surface area contributed by atoms with Gasteiger partial charge in [0.05, 0.1) is 11.3 Å². The predicted octanol–water partition coefficient (Wildman–Crippen LogP) is 2.97. The molecule has 118 valence electrons. The third kappa shape index (κ3) is 3.47. The van der Waals surface area contributed by atoms with Crippen molar-refractivity contribution in [1.29, 1.82) is 0 Å². The highest BCUT2D eigenvalue weighted by Crippen LogP contribution is 2.15. The number of nitrogens with zero attached hydrogens (tertiary/aromatic N) is 2. The van der Waals surface area contributed by atoms with Crippen molar-refractivity contribution in [2.45, 2.75) is 0 Å². The average molecular weight is 317 g/mol. The Morgan fingerprint density at radius 1 is 0.875 bits per heavy atom. The summed E-state index contributed by atoms with van der Waals surface area (Å²) in [6.07, 6.45) is 3.33. The molecule has 1 aromatic heterocycles. The molecule has 0 aliphatic carbocycles. The summed E-state index contributed by atoms with van der Waals surface area (Å²) in [5.74, 6) is -0.564. The molecule has 0 saturated heterocycles. The minimum atomic E-state index is -0.476. The summed E-state index contributed by atoms with van der Waals surface area (Å²) < 4.78 is 0. The van der Waals surface area contributed by atoms with E-state index in [1.165, 1.54) is 12.1 Å². The van der Waals surface area contributed by atoms with Gasteiger partial charge in [-0.05, 0) is 24.3 Å². The molecule has 0 aliphatic heterocycles. The summed E-state index contributed by atoms with van der Waals surface area (Å²) in [6.45, 7) is 0. The van der Waals surface area contributed by atoms with Crippen LogP contribution in [-0.4, -0.2) is 21.7 Å². The molecular weight excluding hydrogens is 302 g/mol. The van der Waals surface area contributed by atoms with Crippen LogP contribution in [0.3, 0.4) is 0 Å². The quantitative estimate of drug-likeness (QED) is 0.574. The lowest BCUT2D eigenvalue weighted by Crippen LogP contribution is -2.20. The number of hydrazone groups is 1. The lowest BCUT2D eigenvalue weighted by Gasteiger charge is -2.08. The van der Waals surface area contributed by atoms with E-state index in [0.29, 0.717) is 5.71 Å². The number of phenolic OH excluding ortho intramolecular Hbond substituents is 1. The van der Waals surface area contributed by atoms with Crippen LogP contribution < -0.4 is 5.43 Å². The van der Waals surface area contributed by atoms with Gasteiger partial charge in [-0.15, -0.1) is 0 Å². The summed E-state index contributed by atoms with van der Waals surface area (Å²) >= 11 is 0. The monoisotopic (exact) mass is 317 g/mol. The first kappa shape index (κ1) is 15.4. The standard InChI is InChI=1S/C19H15N3O2/c23-17-9-5-4-8-16(17)19(24)22-21-18(14-6-2-1-3-7-14)15-10-12-20-13-11-15/h1-13,23H,(H,22,24). The molecule has 1 heterocycles. The lowest BCUT2D eigenvalue weighted by molar-refractivity contribution is 0.0952. The van der Waals surface area contributed by atoms with Crippen LogP contribution in [-0.2, 0) is 0 Å². The van der Waals surface area contributed by atoms with Crippen molar-refractivity contribution in [3.05, 3.63) is 95.8 Å². The van der Waals surface area contributed by atoms with E-state index in [1.54, 1.807) is 24.5 Å². The summed E-state index contributed by atoms with van der Waals surface area (Å²) in [5, 5.41) is 14.0. The predicted molar refractivity (Wildman–Crippen MR) is 91.9 cm³/mol. The third-order valence-corrected chi connectivity index (χ3v) is 3.42. The molecule has 3 rings (SSSR count). The third-order valence-electron chi connectivity index (χ3n) is 3.42. The van der Waals surface area contributed by atoms with Gasteiger partial charge in [-0.1, -0.05) is 42.5 Å². The van der Waals surface area contributed by atoms with Crippen LogP contribution in [0, 0.1) is 0 Å². The molecule has 5 nitrogen and oxygen atoms in total. The van der Waals surface area contributed by atoms with Gasteiger partial charge in [0.25, 0.3) is 5.91 Å². The van der Waals surface area contributed by atoms with E-state index < -0.39 is 5.91 Å². The van der Waals surface area contributed by atoms with Gasteiger partial charge in [-0.3, -0.25) is 9.78 Å². The van der Waals surface area contributed by atoms with Crippen LogP contribution in [0.1, 0.15) is 21.5 Å². The summed E-state index contributed by atoms with van der Waals surface area (Å²) in [4.78, 5) is 16.2. The molecule has 0 saturated carbocycles. The molecule has 1 amide bonds. The van der Waals surface area contributed by atoms with E-state index in [9.17, 15) is 9.90 Å². The number of para-hydroxylation sites is 1. The second-order valence-electron chi connectivity index (χ2n) is 5.02. The van der Waals surface area contributed by atoms with Gasteiger partial charge < -0.3 is 5.11 Å². The van der Waals surface area contributed by atoms with E-state index in [0.717, 1.165) is 11.1 Å². The fraction of sp³-hybridized carbons (Fsp3) is 0.